The summed E-state index contributed by atoms with van der Waals surface area (Å²) >= 11 is 0. The molecule has 0 aliphatic carbocycles. The van der Waals surface area contributed by atoms with Gasteiger partial charge in [0.1, 0.15) is 11.9 Å². The lowest BCUT2D eigenvalue weighted by Gasteiger charge is -2.36. The second-order valence-electron chi connectivity index (χ2n) is 8.16. The Hall–Kier alpha value is -3.38. The van der Waals surface area contributed by atoms with Crippen LogP contribution in [0, 0.1) is 21.8 Å². The minimum Gasteiger partial charge on any atom is -0.340 e. The van der Waals surface area contributed by atoms with E-state index in [1.807, 2.05) is 0 Å². The van der Waals surface area contributed by atoms with Crippen molar-refractivity contribution >= 4 is 27.5 Å². The number of amides is 2. The van der Waals surface area contributed by atoms with Crippen LogP contribution in [0.2, 0.25) is 0 Å². The molecule has 0 radical (unpaired) electrons. The van der Waals surface area contributed by atoms with Crippen LogP contribution in [0.4, 0.5) is 10.1 Å². The fraction of sp³-hybridized carbons (Fsp3) is 0.364. The number of nitrogens with zero attached hydrogens (tertiary/aromatic N) is 3. The van der Waals surface area contributed by atoms with Gasteiger partial charge in [0, 0.05) is 38.3 Å². The third-order valence-corrected chi connectivity index (χ3v) is 7.49. The van der Waals surface area contributed by atoms with Crippen molar-refractivity contribution in [3.05, 3.63) is 70.0 Å². The van der Waals surface area contributed by atoms with E-state index in [0.29, 0.717) is 0 Å². The molecule has 0 bridgehead atoms. The predicted molar refractivity (Wildman–Crippen MR) is 121 cm³/mol. The zero-order chi connectivity index (χ0) is 25.0. The summed E-state index contributed by atoms with van der Waals surface area (Å²) in [6, 6.07) is 9.16. The molecule has 3 rings (SSSR count). The van der Waals surface area contributed by atoms with Crippen LogP contribution in [0.1, 0.15) is 24.2 Å². The van der Waals surface area contributed by atoms with Crippen LogP contribution in [-0.4, -0.2) is 66.6 Å². The number of nitrogens with one attached hydrogen (secondary N) is 1. The zero-order valence-electron chi connectivity index (χ0n) is 18.7. The molecule has 12 heteroatoms. The number of sulfonamides is 1. The number of hydrogen-bond acceptors (Lipinski definition) is 6. The van der Waals surface area contributed by atoms with Crippen LogP contribution in [0.25, 0.3) is 0 Å². The maximum absolute atomic E-state index is 14.0. The number of carbonyl (C=O) groups excluding carboxylic acids is 2. The molecule has 2 aromatic carbocycles. The Bertz CT molecular complexity index is 1180. The minimum absolute atomic E-state index is 0.0249. The van der Waals surface area contributed by atoms with E-state index in [1.54, 1.807) is 13.8 Å². The van der Waals surface area contributed by atoms with Gasteiger partial charge in [0.2, 0.25) is 15.9 Å². The molecule has 1 N–H and O–H groups in total. The topological polar surface area (TPSA) is 130 Å². The Morgan fingerprint density at radius 2 is 1.62 bits per heavy atom. The summed E-state index contributed by atoms with van der Waals surface area (Å²) in [5, 5.41) is 13.4. The molecule has 2 amide bonds. The smallest absolute Gasteiger partial charge is 0.269 e. The molecule has 1 aliphatic heterocycles. The van der Waals surface area contributed by atoms with Crippen molar-refractivity contribution in [1.29, 1.82) is 0 Å². The van der Waals surface area contributed by atoms with Crippen LogP contribution in [0.5, 0.6) is 0 Å². The average molecular weight is 493 g/mol. The van der Waals surface area contributed by atoms with Crippen LogP contribution in [-0.2, 0) is 14.8 Å². The van der Waals surface area contributed by atoms with Crippen molar-refractivity contribution in [1.82, 2.24) is 14.5 Å². The van der Waals surface area contributed by atoms with Gasteiger partial charge in [-0.25, -0.2) is 12.8 Å². The van der Waals surface area contributed by atoms with Gasteiger partial charge >= 0.3 is 0 Å². The number of hydrogen-bond donors (Lipinski definition) is 1. The van der Waals surface area contributed by atoms with Crippen LogP contribution in [0.15, 0.2) is 53.4 Å². The molecular weight excluding hydrogens is 467 g/mol. The number of benzene rings is 2. The Labute approximate surface area is 196 Å². The number of rotatable bonds is 7. The monoisotopic (exact) mass is 492 g/mol. The molecule has 1 aliphatic rings. The van der Waals surface area contributed by atoms with Gasteiger partial charge in [0.05, 0.1) is 15.4 Å². The molecule has 0 unspecified atom stereocenters. The van der Waals surface area contributed by atoms with E-state index < -0.39 is 32.7 Å². The molecule has 34 heavy (non-hydrogen) atoms. The quantitative estimate of drug-likeness (QED) is 0.465. The van der Waals surface area contributed by atoms with Crippen molar-refractivity contribution in [3.63, 3.8) is 0 Å². The number of nitro groups is 1. The number of piperazine rings is 1. The minimum atomic E-state index is -3.89. The number of nitro benzene ring substituents is 1. The van der Waals surface area contributed by atoms with Crippen LogP contribution < -0.4 is 5.32 Å². The van der Waals surface area contributed by atoms with Gasteiger partial charge in [-0.1, -0.05) is 26.0 Å². The Morgan fingerprint density at radius 1 is 1.03 bits per heavy atom. The Kier molecular flexibility index (Phi) is 7.62. The molecular formula is C22H25FN4O6S. The summed E-state index contributed by atoms with van der Waals surface area (Å²) in [6.45, 7) is 3.75. The SMILES string of the molecule is CC(C)[C@H](NC(=O)c1ccccc1F)C(=O)N1CCN(S(=O)(=O)c2ccc([N+](=O)[O-])cc2)CC1. The summed E-state index contributed by atoms with van der Waals surface area (Å²) in [6.07, 6.45) is 0. The van der Waals surface area contributed by atoms with Crippen molar-refractivity contribution in [3.8, 4) is 0 Å². The summed E-state index contributed by atoms with van der Waals surface area (Å²) in [4.78, 5) is 37.2. The van der Waals surface area contributed by atoms with Gasteiger partial charge in [0.15, 0.2) is 0 Å². The van der Waals surface area contributed by atoms with E-state index in [0.717, 1.165) is 18.2 Å². The fourth-order valence-corrected chi connectivity index (χ4v) is 5.03. The Balaban J connectivity index is 1.66. The molecule has 1 heterocycles. The van der Waals surface area contributed by atoms with Crippen molar-refractivity contribution in [2.75, 3.05) is 26.2 Å². The lowest BCUT2D eigenvalue weighted by molar-refractivity contribution is -0.384. The maximum Gasteiger partial charge on any atom is 0.269 e. The number of halogens is 1. The molecule has 1 fully saturated rings. The van der Waals surface area contributed by atoms with Gasteiger partial charge in [-0.2, -0.15) is 4.31 Å². The molecule has 0 spiro atoms. The molecule has 1 saturated heterocycles. The predicted octanol–water partition coefficient (Wildman–Crippen LogP) is 2.02. The maximum atomic E-state index is 14.0. The van der Waals surface area contributed by atoms with Crippen molar-refractivity contribution in [2.45, 2.75) is 24.8 Å². The summed E-state index contributed by atoms with van der Waals surface area (Å²) < 4.78 is 40.9. The molecule has 1 atom stereocenters. The van der Waals surface area contributed by atoms with E-state index >= 15 is 0 Å². The van der Waals surface area contributed by atoms with E-state index in [-0.39, 0.29) is 54.2 Å². The highest BCUT2D eigenvalue weighted by atomic mass is 32.2. The normalized spacial score (nSPS) is 15.7. The second-order valence-corrected chi connectivity index (χ2v) is 10.1. The second kappa shape index (κ2) is 10.3. The molecule has 0 saturated carbocycles. The first-order chi connectivity index (χ1) is 16.0. The number of carbonyl (C=O) groups is 2. The highest BCUT2D eigenvalue weighted by molar-refractivity contribution is 7.89. The third kappa shape index (κ3) is 5.39. The average Bonchev–Trinajstić information content (AvgIpc) is 2.82. The fourth-order valence-electron chi connectivity index (χ4n) is 3.61. The highest BCUT2D eigenvalue weighted by Crippen LogP contribution is 2.21. The molecule has 182 valence electrons. The Morgan fingerprint density at radius 3 is 2.15 bits per heavy atom. The zero-order valence-corrected chi connectivity index (χ0v) is 19.5. The van der Waals surface area contributed by atoms with E-state index in [9.17, 15) is 32.5 Å². The van der Waals surface area contributed by atoms with Gasteiger partial charge in [0.25, 0.3) is 11.6 Å². The third-order valence-electron chi connectivity index (χ3n) is 5.57. The van der Waals surface area contributed by atoms with Gasteiger partial charge in [-0.15, -0.1) is 0 Å². The van der Waals surface area contributed by atoms with Crippen molar-refractivity contribution in [2.24, 2.45) is 5.92 Å². The van der Waals surface area contributed by atoms with Crippen LogP contribution in [0.3, 0.4) is 0 Å². The van der Waals surface area contributed by atoms with Crippen molar-refractivity contribution < 1.29 is 27.3 Å². The number of non-ortho nitro benzene ring substituents is 1. The first-order valence-electron chi connectivity index (χ1n) is 10.6. The first kappa shape index (κ1) is 25.2. The van der Waals surface area contributed by atoms with E-state index in [4.69, 9.17) is 0 Å². The van der Waals surface area contributed by atoms with Crippen LogP contribution >= 0.6 is 0 Å². The summed E-state index contributed by atoms with van der Waals surface area (Å²) in [7, 11) is -3.89. The first-order valence-corrected chi connectivity index (χ1v) is 12.0. The summed E-state index contributed by atoms with van der Waals surface area (Å²) in [5.74, 6) is -2.07. The van der Waals surface area contributed by atoms with Gasteiger partial charge in [-0.05, 0) is 30.2 Å². The van der Waals surface area contributed by atoms with E-state index in [2.05, 4.69) is 5.32 Å². The van der Waals surface area contributed by atoms with Gasteiger partial charge in [-0.3, -0.25) is 19.7 Å². The highest BCUT2D eigenvalue weighted by Gasteiger charge is 2.34. The van der Waals surface area contributed by atoms with E-state index in [1.165, 1.54) is 39.5 Å². The molecule has 0 aromatic heterocycles. The standard InChI is InChI=1S/C22H25FN4O6S/c1-15(2)20(24-21(28)18-5-3-4-6-19(18)23)22(29)25-11-13-26(14-12-25)34(32,33)17-9-7-16(8-10-17)27(30)31/h3-10,15,20H,11-14H2,1-2H3,(H,24,28)/t20-/m0/s1. The van der Waals surface area contributed by atoms with Gasteiger partial charge < -0.3 is 10.2 Å². The molecule has 10 nitrogen and oxygen atoms in total. The lowest BCUT2D eigenvalue weighted by atomic mass is 10.0. The molecule has 2 aromatic rings. The summed E-state index contributed by atoms with van der Waals surface area (Å²) in [5.41, 5.74) is -0.383. The largest absolute Gasteiger partial charge is 0.340 e. The lowest BCUT2D eigenvalue weighted by Crippen LogP contribution is -2.57.